The van der Waals surface area contributed by atoms with Crippen molar-refractivity contribution in [3.63, 3.8) is 0 Å². The van der Waals surface area contributed by atoms with E-state index in [1.54, 1.807) is 0 Å². The summed E-state index contributed by atoms with van der Waals surface area (Å²) >= 11 is 0. The fraction of sp³-hybridized carbons (Fsp3) is 0.462. The normalized spacial score (nSPS) is 19.6. The topological polar surface area (TPSA) is 41.1 Å². The Balaban J connectivity index is 2.15. The van der Waals surface area contributed by atoms with Crippen LogP contribution in [0.2, 0.25) is 0 Å². The minimum atomic E-state index is -0.820. The third kappa shape index (κ3) is 2.67. The summed E-state index contributed by atoms with van der Waals surface area (Å²) in [6.45, 7) is 3.06. The molecule has 1 heterocycles. The molecule has 18 heavy (non-hydrogen) atoms. The number of halogens is 2. The van der Waals surface area contributed by atoms with Gasteiger partial charge in [0.15, 0.2) is 0 Å². The van der Waals surface area contributed by atoms with Crippen LogP contribution in [0.15, 0.2) is 12.1 Å². The average molecular weight is 254 g/mol. The van der Waals surface area contributed by atoms with Gasteiger partial charge in [-0.1, -0.05) is 6.07 Å². The highest BCUT2D eigenvalue weighted by atomic mass is 19.1. The fourth-order valence-electron chi connectivity index (χ4n) is 2.10. The fourth-order valence-corrected chi connectivity index (χ4v) is 2.10. The van der Waals surface area contributed by atoms with Crippen LogP contribution >= 0.6 is 0 Å². The largest absolute Gasteiger partial charge is 0.348 e. The molecule has 1 aromatic rings. The molecule has 1 aromatic carbocycles. The maximum Gasteiger partial charge on any atom is 0.257 e. The van der Waals surface area contributed by atoms with Gasteiger partial charge in [0.05, 0.1) is 0 Å². The Hall–Kier alpha value is -1.49. The SMILES string of the molecule is Cc1ccc(F)c(C(=O)N[C@@H]2CCCNC2)c1F. The number of benzene rings is 1. The molecular weight excluding hydrogens is 238 g/mol. The molecule has 0 unspecified atom stereocenters. The number of aryl methyl sites for hydroxylation is 1. The van der Waals surface area contributed by atoms with E-state index in [4.69, 9.17) is 0 Å². The van der Waals surface area contributed by atoms with E-state index in [0.29, 0.717) is 6.54 Å². The van der Waals surface area contributed by atoms with E-state index < -0.39 is 23.1 Å². The van der Waals surface area contributed by atoms with Gasteiger partial charge in [-0.05, 0) is 37.9 Å². The van der Waals surface area contributed by atoms with E-state index in [1.165, 1.54) is 13.0 Å². The first-order valence-corrected chi connectivity index (χ1v) is 6.06. The molecule has 1 aliphatic heterocycles. The number of hydrogen-bond donors (Lipinski definition) is 2. The molecule has 1 saturated heterocycles. The Labute approximate surface area is 105 Å². The first kappa shape index (κ1) is 13.0. The van der Waals surface area contributed by atoms with Crippen LogP contribution in [0.3, 0.4) is 0 Å². The molecule has 0 radical (unpaired) electrons. The van der Waals surface area contributed by atoms with Gasteiger partial charge < -0.3 is 10.6 Å². The zero-order valence-electron chi connectivity index (χ0n) is 10.2. The smallest absolute Gasteiger partial charge is 0.257 e. The summed E-state index contributed by atoms with van der Waals surface area (Å²) in [6, 6.07) is 2.38. The van der Waals surface area contributed by atoms with Gasteiger partial charge in [-0.15, -0.1) is 0 Å². The van der Waals surface area contributed by atoms with Crippen LogP contribution in [0.25, 0.3) is 0 Å². The molecule has 1 atom stereocenters. The summed E-state index contributed by atoms with van der Waals surface area (Å²) in [4.78, 5) is 11.9. The van der Waals surface area contributed by atoms with Crippen molar-refractivity contribution in [3.05, 3.63) is 34.9 Å². The molecule has 1 aliphatic rings. The molecule has 0 saturated carbocycles. The summed E-state index contributed by atoms with van der Waals surface area (Å²) in [7, 11) is 0. The average Bonchev–Trinajstić information content (AvgIpc) is 2.36. The standard InChI is InChI=1S/C13H16F2N2O/c1-8-4-5-10(14)11(12(8)15)13(18)17-9-3-2-6-16-7-9/h4-5,9,16H,2-3,6-7H2,1H3,(H,17,18)/t9-/m1/s1. The van der Waals surface area contributed by atoms with E-state index in [2.05, 4.69) is 10.6 Å². The third-order valence-corrected chi connectivity index (χ3v) is 3.14. The van der Waals surface area contributed by atoms with Gasteiger partial charge in [-0.25, -0.2) is 8.78 Å². The van der Waals surface area contributed by atoms with E-state index in [9.17, 15) is 13.6 Å². The monoisotopic (exact) mass is 254 g/mol. The maximum absolute atomic E-state index is 13.8. The molecule has 2 N–H and O–H groups in total. The van der Waals surface area contributed by atoms with Crippen molar-refractivity contribution in [2.24, 2.45) is 0 Å². The van der Waals surface area contributed by atoms with Gasteiger partial charge in [0.1, 0.15) is 17.2 Å². The predicted octanol–water partition coefficient (Wildman–Crippen LogP) is 1.76. The summed E-state index contributed by atoms with van der Waals surface area (Å²) in [5.74, 6) is -2.28. The molecule has 0 aromatic heterocycles. The van der Waals surface area contributed by atoms with Crippen molar-refractivity contribution in [2.45, 2.75) is 25.8 Å². The van der Waals surface area contributed by atoms with Crippen LogP contribution in [0.5, 0.6) is 0 Å². The van der Waals surface area contributed by atoms with Gasteiger partial charge in [0.25, 0.3) is 5.91 Å². The number of nitrogens with one attached hydrogen (secondary N) is 2. The van der Waals surface area contributed by atoms with Crippen LogP contribution in [0, 0.1) is 18.6 Å². The van der Waals surface area contributed by atoms with Gasteiger partial charge in [-0.2, -0.15) is 0 Å². The van der Waals surface area contributed by atoms with Crippen molar-refractivity contribution in [3.8, 4) is 0 Å². The second kappa shape index (κ2) is 5.44. The molecule has 0 aliphatic carbocycles. The lowest BCUT2D eigenvalue weighted by Crippen LogP contribution is -2.46. The minimum Gasteiger partial charge on any atom is -0.348 e. The molecule has 5 heteroatoms. The number of rotatable bonds is 2. The van der Waals surface area contributed by atoms with Gasteiger partial charge in [0.2, 0.25) is 0 Å². The zero-order chi connectivity index (χ0) is 13.1. The highest BCUT2D eigenvalue weighted by Gasteiger charge is 2.22. The zero-order valence-corrected chi connectivity index (χ0v) is 10.2. The summed E-state index contributed by atoms with van der Waals surface area (Å²) in [5.41, 5.74) is -0.219. The quantitative estimate of drug-likeness (QED) is 0.844. The van der Waals surface area contributed by atoms with Crippen molar-refractivity contribution in [1.82, 2.24) is 10.6 Å². The molecule has 0 bridgehead atoms. The Kier molecular flexibility index (Phi) is 3.91. The van der Waals surface area contributed by atoms with Crippen LogP contribution in [0.4, 0.5) is 8.78 Å². The molecule has 1 fully saturated rings. The van der Waals surface area contributed by atoms with Crippen LogP contribution in [-0.2, 0) is 0 Å². The maximum atomic E-state index is 13.8. The second-order valence-electron chi connectivity index (χ2n) is 4.57. The van der Waals surface area contributed by atoms with E-state index >= 15 is 0 Å². The highest BCUT2D eigenvalue weighted by Crippen LogP contribution is 2.16. The van der Waals surface area contributed by atoms with Gasteiger partial charge in [0, 0.05) is 12.6 Å². The lowest BCUT2D eigenvalue weighted by molar-refractivity contribution is 0.0922. The van der Waals surface area contributed by atoms with E-state index in [0.717, 1.165) is 25.5 Å². The van der Waals surface area contributed by atoms with Crippen molar-refractivity contribution in [2.75, 3.05) is 13.1 Å². The number of amides is 1. The summed E-state index contributed by atoms with van der Waals surface area (Å²) in [6.07, 6.45) is 1.78. The number of carbonyl (C=O) groups excluding carboxylic acids is 1. The Morgan fingerprint density at radius 2 is 2.22 bits per heavy atom. The van der Waals surface area contributed by atoms with Crippen LogP contribution < -0.4 is 10.6 Å². The predicted molar refractivity (Wildman–Crippen MR) is 64.5 cm³/mol. The molecule has 0 spiro atoms. The first-order chi connectivity index (χ1) is 8.59. The van der Waals surface area contributed by atoms with Crippen LogP contribution in [-0.4, -0.2) is 25.0 Å². The lowest BCUT2D eigenvalue weighted by atomic mass is 10.1. The Bertz CT molecular complexity index is 457. The molecule has 1 amide bonds. The first-order valence-electron chi connectivity index (χ1n) is 6.06. The van der Waals surface area contributed by atoms with Crippen LogP contribution in [0.1, 0.15) is 28.8 Å². The van der Waals surface area contributed by atoms with E-state index in [-0.39, 0.29) is 11.6 Å². The van der Waals surface area contributed by atoms with Crippen molar-refractivity contribution < 1.29 is 13.6 Å². The summed E-state index contributed by atoms with van der Waals surface area (Å²) < 4.78 is 27.3. The molecule has 98 valence electrons. The van der Waals surface area contributed by atoms with Crippen molar-refractivity contribution in [1.29, 1.82) is 0 Å². The lowest BCUT2D eigenvalue weighted by Gasteiger charge is -2.24. The Morgan fingerprint density at radius 3 is 2.89 bits per heavy atom. The third-order valence-electron chi connectivity index (χ3n) is 3.14. The molecule has 2 rings (SSSR count). The van der Waals surface area contributed by atoms with Crippen molar-refractivity contribution >= 4 is 5.91 Å². The second-order valence-corrected chi connectivity index (χ2v) is 4.57. The molecular formula is C13H16F2N2O. The summed E-state index contributed by atoms with van der Waals surface area (Å²) in [5, 5.41) is 5.79. The number of carbonyl (C=O) groups is 1. The van der Waals surface area contributed by atoms with Gasteiger partial charge in [-0.3, -0.25) is 4.79 Å². The van der Waals surface area contributed by atoms with E-state index in [1.807, 2.05) is 0 Å². The highest BCUT2D eigenvalue weighted by molar-refractivity contribution is 5.95. The molecule has 3 nitrogen and oxygen atoms in total. The van der Waals surface area contributed by atoms with Gasteiger partial charge >= 0.3 is 0 Å². The Morgan fingerprint density at radius 1 is 1.44 bits per heavy atom. The number of piperidine rings is 1. The minimum absolute atomic E-state index is 0.0643. The number of hydrogen-bond acceptors (Lipinski definition) is 2.